The summed E-state index contributed by atoms with van der Waals surface area (Å²) in [4.78, 5) is 14.6. The van der Waals surface area contributed by atoms with Crippen LogP contribution in [0.25, 0.3) is 10.8 Å². The van der Waals surface area contributed by atoms with Crippen LogP contribution in [-0.2, 0) is 15.9 Å². The molecule has 3 aromatic rings. The molecule has 5 nitrogen and oxygen atoms in total. The van der Waals surface area contributed by atoms with E-state index < -0.39 is 11.3 Å². The van der Waals surface area contributed by atoms with Gasteiger partial charge in [-0.1, -0.05) is 48.5 Å². The molecule has 1 saturated heterocycles. The summed E-state index contributed by atoms with van der Waals surface area (Å²) in [7, 11) is 0. The smallest absolute Gasteiger partial charge is 0.412 e. The van der Waals surface area contributed by atoms with Crippen LogP contribution in [0.2, 0.25) is 0 Å². The van der Waals surface area contributed by atoms with Crippen LogP contribution in [0.3, 0.4) is 0 Å². The predicted molar refractivity (Wildman–Crippen MR) is 126 cm³/mol. The Morgan fingerprint density at radius 2 is 1.72 bits per heavy atom. The van der Waals surface area contributed by atoms with E-state index in [-0.39, 0.29) is 12.1 Å². The summed E-state index contributed by atoms with van der Waals surface area (Å²) in [5, 5.41) is 2.23. The summed E-state index contributed by atoms with van der Waals surface area (Å²) in [5.74, 6) is 1.61. The van der Waals surface area contributed by atoms with Gasteiger partial charge in [0.15, 0.2) is 0 Å². The highest BCUT2D eigenvalue weighted by molar-refractivity contribution is 5.88. The second-order valence-corrected chi connectivity index (χ2v) is 9.69. The Hall–Kier alpha value is -3.05. The molecule has 168 valence electrons. The van der Waals surface area contributed by atoms with E-state index in [0.717, 1.165) is 27.8 Å². The minimum Gasteiger partial charge on any atom is -0.457 e. The van der Waals surface area contributed by atoms with Crippen molar-refractivity contribution in [3.05, 3.63) is 72.3 Å². The summed E-state index contributed by atoms with van der Waals surface area (Å²) in [5.41, 5.74) is -0.152. The molecular formula is C27H31NO4. The Bertz CT molecular complexity index is 1090. The van der Waals surface area contributed by atoms with E-state index in [1.54, 1.807) is 4.90 Å². The van der Waals surface area contributed by atoms with Crippen LogP contribution in [0.5, 0.6) is 11.5 Å². The highest BCUT2D eigenvalue weighted by Crippen LogP contribution is 2.33. The van der Waals surface area contributed by atoms with Crippen molar-refractivity contribution in [2.45, 2.75) is 58.4 Å². The van der Waals surface area contributed by atoms with E-state index in [2.05, 4.69) is 18.2 Å². The molecule has 0 saturated carbocycles. The Balaban J connectivity index is 1.47. The fourth-order valence-electron chi connectivity index (χ4n) is 4.09. The number of ether oxygens (including phenoxy) is 3. The molecule has 0 aromatic heterocycles. The van der Waals surface area contributed by atoms with Crippen molar-refractivity contribution in [1.82, 2.24) is 4.90 Å². The Morgan fingerprint density at radius 3 is 2.44 bits per heavy atom. The number of hydrogen-bond donors (Lipinski definition) is 0. The normalized spacial score (nSPS) is 18.0. The van der Waals surface area contributed by atoms with Crippen molar-refractivity contribution in [3.63, 3.8) is 0 Å². The maximum atomic E-state index is 12.8. The van der Waals surface area contributed by atoms with Gasteiger partial charge in [0.05, 0.1) is 12.6 Å². The molecule has 1 fully saturated rings. The number of rotatable bonds is 4. The van der Waals surface area contributed by atoms with Gasteiger partial charge in [0.2, 0.25) is 0 Å². The van der Waals surface area contributed by atoms with Crippen LogP contribution in [0.1, 0.15) is 40.2 Å². The molecular weight excluding hydrogens is 402 g/mol. The third kappa shape index (κ3) is 4.89. The van der Waals surface area contributed by atoms with Crippen molar-refractivity contribution in [2.75, 3.05) is 6.61 Å². The monoisotopic (exact) mass is 433 g/mol. The summed E-state index contributed by atoms with van der Waals surface area (Å²) in [6.45, 7) is 9.89. The van der Waals surface area contributed by atoms with Crippen LogP contribution in [0.4, 0.5) is 4.79 Å². The van der Waals surface area contributed by atoms with Crippen LogP contribution >= 0.6 is 0 Å². The molecule has 1 aliphatic rings. The Labute approximate surface area is 189 Å². The van der Waals surface area contributed by atoms with Crippen LogP contribution in [0.15, 0.2) is 66.7 Å². The second-order valence-electron chi connectivity index (χ2n) is 9.69. The van der Waals surface area contributed by atoms with Gasteiger partial charge in [0.1, 0.15) is 22.8 Å². The zero-order valence-electron chi connectivity index (χ0n) is 19.4. The first-order valence-electron chi connectivity index (χ1n) is 11.0. The first-order chi connectivity index (χ1) is 15.1. The molecule has 5 heteroatoms. The number of carbonyl (C=O) groups is 1. The largest absolute Gasteiger partial charge is 0.457 e. The molecule has 1 aliphatic heterocycles. The molecule has 0 bridgehead atoms. The number of fused-ring (bicyclic) bond motifs is 1. The minimum atomic E-state index is -0.704. The van der Waals surface area contributed by atoms with Gasteiger partial charge in [-0.25, -0.2) is 4.79 Å². The summed E-state index contributed by atoms with van der Waals surface area (Å²) >= 11 is 0. The first-order valence-corrected chi connectivity index (χ1v) is 11.0. The maximum absolute atomic E-state index is 12.8. The van der Waals surface area contributed by atoms with Crippen molar-refractivity contribution < 1.29 is 19.0 Å². The molecule has 32 heavy (non-hydrogen) atoms. The van der Waals surface area contributed by atoms with Crippen LogP contribution in [0, 0.1) is 0 Å². The zero-order valence-corrected chi connectivity index (χ0v) is 19.4. The molecule has 0 aliphatic carbocycles. The van der Waals surface area contributed by atoms with Crippen LogP contribution in [-0.4, -0.2) is 35.0 Å². The fourth-order valence-corrected chi connectivity index (χ4v) is 4.09. The highest BCUT2D eigenvalue weighted by Gasteiger charge is 2.45. The topological polar surface area (TPSA) is 48.0 Å². The van der Waals surface area contributed by atoms with E-state index in [0.29, 0.717) is 13.0 Å². The average Bonchev–Trinajstić information content (AvgIpc) is 3.02. The third-order valence-electron chi connectivity index (χ3n) is 5.54. The Kier molecular flexibility index (Phi) is 5.87. The highest BCUT2D eigenvalue weighted by atomic mass is 16.6. The van der Waals surface area contributed by atoms with Gasteiger partial charge in [-0.15, -0.1) is 0 Å². The molecule has 0 unspecified atom stereocenters. The number of nitrogens with zero attached hydrogens (tertiary/aromatic N) is 1. The lowest BCUT2D eigenvalue weighted by molar-refractivity contribution is -0.0624. The van der Waals surface area contributed by atoms with Gasteiger partial charge in [-0.05, 0) is 70.2 Å². The van der Waals surface area contributed by atoms with Gasteiger partial charge in [0, 0.05) is 5.39 Å². The molecule has 0 N–H and O–H groups in total. The van der Waals surface area contributed by atoms with Crippen LogP contribution < -0.4 is 4.74 Å². The molecule has 1 heterocycles. The van der Waals surface area contributed by atoms with E-state index in [1.165, 1.54) is 0 Å². The molecule has 4 rings (SSSR count). The number of carbonyl (C=O) groups excluding carboxylic acids is 1. The molecule has 3 aromatic carbocycles. The van der Waals surface area contributed by atoms with E-state index >= 15 is 0 Å². The minimum absolute atomic E-state index is 0.0929. The van der Waals surface area contributed by atoms with Gasteiger partial charge in [-0.3, -0.25) is 4.90 Å². The van der Waals surface area contributed by atoms with Crippen molar-refractivity contribution in [2.24, 2.45) is 0 Å². The fraction of sp³-hybridized carbons (Fsp3) is 0.370. The summed E-state index contributed by atoms with van der Waals surface area (Å²) in [6.07, 6.45) is 0.331. The van der Waals surface area contributed by atoms with Gasteiger partial charge >= 0.3 is 6.09 Å². The van der Waals surface area contributed by atoms with E-state index in [9.17, 15) is 4.79 Å². The van der Waals surface area contributed by atoms with Crippen molar-refractivity contribution >= 4 is 16.9 Å². The maximum Gasteiger partial charge on any atom is 0.412 e. The number of benzene rings is 3. The average molecular weight is 434 g/mol. The number of hydrogen-bond acceptors (Lipinski definition) is 4. The number of amides is 1. The van der Waals surface area contributed by atoms with Gasteiger partial charge in [0.25, 0.3) is 0 Å². The van der Waals surface area contributed by atoms with Gasteiger partial charge in [-0.2, -0.15) is 0 Å². The SMILES string of the molecule is CC(C)(C)OC(=O)N1[C@@H](Cc2ccc(Oc3cccc4ccccc34)cc2)COC1(C)C. The van der Waals surface area contributed by atoms with E-state index in [1.807, 2.05) is 83.1 Å². The zero-order chi connectivity index (χ0) is 22.9. The van der Waals surface area contributed by atoms with Crippen molar-refractivity contribution in [3.8, 4) is 11.5 Å². The molecule has 0 spiro atoms. The van der Waals surface area contributed by atoms with E-state index in [4.69, 9.17) is 14.2 Å². The lowest BCUT2D eigenvalue weighted by atomic mass is 10.0. The Morgan fingerprint density at radius 1 is 1.03 bits per heavy atom. The molecule has 1 atom stereocenters. The lowest BCUT2D eigenvalue weighted by Gasteiger charge is -2.35. The van der Waals surface area contributed by atoms with Crippen molar-refractivity contribution in [1.29, 1.82) is 0 Å². The quantitative estimate of drug-likeness (QED) is 0.468. The molecule has 1 amide bonds. The third-order valence-corrected chi connectivity index (χ3v) is 5.54. The second kappa shape index (κ2) is 8.47. The standard InChI is InChI=1S/C27H31NO4/c1-26(2,3)32-25(29)28-21(18-30-27(28,4)5)17-19-13-15-22(16-14-19)31-24-12-8-10-20-9-6-7-11-23(20)24/h6-16,21H,17-18H2,1-5H3/t21-/m0/s1. The summed E-state index contributed by atoms with van der Waals surface area (Å²) < 4.78 is 17.7. The van der Waals surface area contributed by atoms with Gasteiger partial charge < -0.3 is 14.2 Å². The first kappa shape index (κ1) is 22.2. The lowest BCUT2D eigenvalue weighted by Crippen LogP contribution is -2.50. The predicted octanol–water partition coefficient (Wildman–Crippen LogP) is 6.55. The molecule has 0 radical (unpaired) electrons. The summed E-state index contributed by atoms with van der Waals surface area (Å²) in [6, 6.07) is 22.2.